The molecule has 0 bridgehead atoms. The Morgan fingerprint density at radius 3 is 2.33 bits per heavy atom. The SMILES string of the molecule is CCC(CC)C(=O)N(CCO)Cc1ccccc1. The molecule has 0 aliphatic rings. The first kappa shape index (κ1) is 14.7. The number of aliphatic hydroxyl groups is 1. The lowest BCUT2D eigenvalue weighted by Crippen LogP contribution is -2.37. The average molecular weight is 249 g/mol. The highest BCUT2D eigenvalue weighted by Crippen LogP contribution is 2.14. The quantitative estimate of drug-likeness (QED) is 0.806. The second-order valence-electron chi connectivity index (χ2n) is 4.48. The number of benzene rings is 1. The molecule has 1 amide bonds. The van der Waals surface area contributed by atoms with Gasteiger partial charge in [0.05, 0.1) is 6.61 Å². The third kappa shape index (κ3) is 4.15. The van der Waals surface area contributed by atoms with Gasteiger partial charge in [0.2, 0.25) is 5.91 Å². The van der Waals surface area contributed by atoms with E-state index in [4.69, 9.17) is 5.11 Å². The van der Waals surface area contributed by atoms with E-state index in [9.17, 15) is 4.79 Å². The molecule has 0 atom stereocenters. The highest BCUT2D eigenvalue weighted by atomic mass is 16.3. The molecule has 0 fully saturated rings. The van der Waals surface area contributed by atoms with Gasteiger partial charge in [0, 0.05) is 19.0 Å². The lowest BCUT2D eigenvalue weighted by Gasteiger charge is -2.26. The largest absolute Gasteiger partial charge is 0.395 e. The third-order valence-electron chi connectivity index (χ3n) is 3.23. The van der Waals surface area contributed by atoms with E-state index in [0.29, 0.717) is 13.1 Å². The molecule has 18 heavy (non-hydrogen) atoms. The number of carbonyl (C=O) groups is 1. The van der Waals surface area contributed by atoms with Crippen LogP contribution in [0.15, 0.2) is 30.3 Å². The molecule has 0 saturated heterocycles. The van der Waals surface area contributed by atoms with Crippen LogP contribution in [0.2, 0.25) is 0 Å². The van der Waals surface area contributed by atoms with Crippen LogP contribution in [-0.2, 0) is 11.3 Å². The molecule has 0 unspecified atom stereocenters. The molecular formula is C15H23NO2. The van der Waals surface area contributed by atoms with Gasteiger partial charge >= 0.3 is 0 Å². The Labute approximate surface area is 109 Å². The Kier molecular flexibility index (Phi) is 6.44. The molecule has 0 aliphatic carbocycles. The summed E-state index contributed by atoms with van der Waals surface area (Å²) in [6, 6.07) is 9.90. The summed E-state index contributed by atoms with van der Waals surface area (Å²) in [6.45, 7) is 5.07. The molecule has 100 valence electrons. The van der Waals surface area contributed by atoms with E-state index in [0.717, 1.165) is 18.4 Å². The van der Waals surface area contributed by atoms with E-state index in [2.05, 4.69) is 0 Å². The van der Waals surface area contributed by atoms with Crippen LogP contribution in [0.25, 0.3) is 0 Å². The number of amides is 1. The minimum atomic E-state index is 0.0126. The molecule has 0 radical (unpaired) electrons. The van der Waals surface area contributed by atoms with Gasteiger partial charge in [-0.3, -0.25) is 4.79 Å². The summed E-state index contributed by atoms with van der Waals surface area (Å²) in [6.07, 6.45) is 1.71. The predicted molar refractivity (Wildman–Crippen MR) is 73.0 cm³/mol. The summed E-state index contributed by atoms with van der Waals surface area (Å²) in [5, 5.41) is 9.10. The zero-order valence-corrected chi connectivity index (χ0v) is 11.3. The maximum atomic E-state index is 12.3. The van der Waals surface area contributed by atoms with Crippen molar-refractivity contribution in [2.45, 2.75) is 33.2 Å². The van der Waals surface area contributed by atoms with E-state index in [1.165, 1.54) is 0 Å². The summed E-state index contributed by atoms with van der Waals surface area (Å²) in [5.74, 6) is 0.221. The minimum absolute atomic E-state index is 0.0126. The minimum Gasteiger partial charge on any atom is -0.395 e. The van der Waals surface area contributed by atoms with Crippen LogP contribution in [-0.4, -0.2) is 29.1 Å². The molecule has 3 nitrogen and oxygen atoms in total. The molecule has 0 aliphatic heterocycles. The smallest absolute Gasteiger partial charge is 0.226 e. The van der Waals surface area contributed by atoms with Crippen molar-refractivity contribution >= 4 is 5.91 Å². The predicted octanol–water partition coefficient (Wildman–Crippen LogP) is 2.44. The topological polar surface area (TPSA) is 40.5 Å². The van der Waals surface area contributed by atoms with Crippen molar-refractivity contribution in [1.29, 1.82) is 0 Å². The highest BCUT2D eigenvalue weighted by Gasteiger charge is 2.21. The Morgan fingerprint density at radius 1 is 1.22 bits per heavy atom. The Balaban J connectivity index is 2.73. The number of carbonyl (C=O) groups excluding carboxylic acids is 1. The zero-order chi connectivity index (χ0) is 13.4. The number of hydrogen-bond acceptors (Lipinski definition) is 2. The number of aliphatic hydroxyl groups excluding tert-OH is 1. The molecule has 1 rings (SSSR count). The van der Waals surface area contributed by atoms with Crippen molar-refractivity contribution in [2.75, 3.05) is 13.2 Å². The summed E-state index contributed by atoms with van der Waals surface area (Å²) < 4.78 is 0. The molecule has 1 aromatic carbocycles. The zero-order valence-electron chi connectivity index (χ0n) is 11.3. The standard InChI is InChI=1S/C15H23NO2/c1-3-14(4-2)15(18)16(10-11-17)12-13-8-6-5-7-9-13/h5-9,14,17H,3-4,10-12H2,1-2H3. The fourth-order valence-corrected chi connectivity index (χ4v) is 2.09. The average Bonchev–Trinajstić information content (AvgIpc) is 2.40. The summed E-state index contributed by atoms with van der Waals surface area (Å²) in [7, 11) is 0. The second kappa shape index (κ2) is 7.88. The van der Waals surface area contributed by atoms with Gasteiger partial charge < -0.3 is 10.0 Å². The molecule has 3 heteroatoms. The van der Waals surface area contributed by atoms with E-state index in [1.54, 1.807) is 4.90 Å². The molecule has 0 spiro atoms. The molecule has 1 N–H and O–H groups in total. The van der Waals surface area contributed by atoms with Crippen LogP contribution in [0.3, 0.4) is 0 Å². The van der Waals surface area contributed by atoms with Crippen molar-refractivity contribution in [2.24, 2.45) is 5.92 Å². The van der Waals surface area contributed by atoms with E-state index in [-0.39, 0.29) is 18.4 Å². The Morgan fingerprint density at radius 2 is 1.83 bits per heavy atom. The van der Waals surface area contributed by atoms with Crippen LogP contribution in [0.4, 0.5) is 0 Å². The second-order valence-corrected chi connectivity index (χ2v) is 4.48. The summed E-state index contributed by atoms with van der Waals surface area (Å²) in [4.78, 5) is 14.1. The number of nitrogens with zero attached hydrogens (tertiary/aromatic N) is 1. The first-order chi connectivity index (χ1) is 8.72. The number of rotatable bonds is 7. The summed E-state index contributed by atoms with van der Waals surface area (Å²) in [5.41, 5.74) is 1.10. The van der Waals surface area contributed by atoms with E-state index < -0.39 is 0 Å². The van der Waals surface area contributed by atoms with Crippen LogP contribution in [0, 0.1) is 5.92 Å². The first-order valence-corrected chi connectivity index (χ1v) is 6.66. The Hall–Kier alpha value is -1.35. The third-order valence-corrected chi connectivity index (χ3v) is 3.23. The van der Waals surface area contributed by atoms with Gasteiger partial charge in [0.15, 0.2) is 0 Å². The van der Waals surface area contributed by atoms with Crippen LogP contribution >= 0.6 is 0 Å². The number of hydrogen-bond donors (Lipinski definition) is 1. The van der Waals surface area contributed by atoms with Gasteiger partial charge in [-0.15, -0.1) is 0 Å². The van der Waals surface area contributed by atoms with Gasteiger partial charge in [0.1, 0.15) is 0 Å². The highest BCUT2D eigenvalue weighted by molar-refractivity contribution is 5.78. The van der Waals surface area contributed by atoms with Crippen LogP contribution in [0.1, 0.15) is 32.3 Å². The maximum Gasteiger partial charge on any atom is 0.226 e. The molecule has 0 aromatic heterocycles. The lowest BCUT2D eigenvalue weighted by atomic mass is 10.0. The van der Waals surface area contributed by atoms with Gasteiger partial charge in [-0.25, -0.2) is 0 Å². The van der Waals surface area contributed by atoms with Gasteiger partial charge in [0.25, 0.3) is 0 Å². The van der Waals surface area contributed by atoms with Gasteiger partial charge in [-0.05, 0) is 18.4 Å². The fraction of sp³-hybridized carbons (Fsp3) is 0.533. The van der Waals surface area contributed by atoms with E-state index >= 15 is 0 Å². The van der Waals surface area contributed by atoms with Crippen molar-refractivity contribution < 1.29 is 9.90 Å². The lowest BCUT2D eigenvalue weighted by molar-refractivity contribution is -0.136. The van der Waals surface area contributed by atoms with Gasteiger partial charge in [-0.2, -0.15) is 0 Å². The Bertz CT molecular complexity index is 347. The van der Waals surface area contributed by atoms with E-state index in [1.807, 2.05) is 44.2 Å². The van der Waals surface area contributed by atoms with Gasteiger partial charge in [-0.1, -0.05) is 44.2 Å². The normalized spacial score (nSPS) is 10.7. The summed E-state index contributed by atoms with van der Waals surface area (Å²) >= 11 is 0. The maximum absolute atomic E-state index is 12.3. The first-order valence-electron chi connectivity index (χ1n) is 6.66. The molecule has 1 aromatic rings. The van der Waals surface area contributed by atoms with Crippen molar-refractivity contribution in [3.05, 3.63) is 35.9 Å². The van der Waals surface area contributed by atoms with Crippen molar-refractivity contribution in [3.8, 4) is 0 Å². The van der Waals surface area contributed by atoms with Crippen LogP contribution < -0.4 is 0 Å². The van der Waals surface area contributed by atoms with Crippen molar-refractivity contribution in [3.63, 3.8) is 0 Å². The molecule has 0 heterocycles. The molecular weight excluding hydrogens is 226 g/mol. The fourth-order valence-electron chi connectivity index (χ4n) is 2.09. The monoisotopic (exact) mass is 249 g/mol. The van der Waals surface area contributed by atoms with Crippen LogP contribution in [0.5, 0.6) is 0 Å². The van der Waals surface area contributed by atoms with Crippen molar-refractivity contribution in [1.82, 2.24) is 4.90 Å². The molecule has 0 saturated carbocycles.